The highest BCUT2D eigenvalue weighted by molar-refractivity contribution is 9.10. The van der Waals surface area contributed by atoms with Crippen molar-refractivity contribution in [2.75, 3.05) is 29.9 Å². The molecule has 1 unspecified atom stereocenters. The molecule has 1 amide bonds. The monoisotopic (exact) mass is 330 g/mol. The molecule has 1 fully saturated rings. The maximum atomic E-state index is 12.2. The van der Waals surface area contributed by atoms with Gasteiger partial charge in [-0.3, -0.25) is 4.79 Å². The van der Waals surface area contributed by atoms with Crippen LogP contribution < -0.4 is 5.32 Å². The summed E-state index contributed by atoms with van der Waals surface area (Å²) < 4.78 is 0.820. The van der Waals surface area contributed by atoms with Crippen LogP contribution in [0.15, 0.2) is 16.9 Å². The fourth-order valence-corrected chi connectivity index (χ4v) is 2.81. The van der Waals surface area contributed by atoms with Crippen molar-refractivity contribution in [2.45, 2.75) is 13.0 Å². The number of aromatic nitrogens is 2. The minimum Gasteiger partial charge on any atom is -0.343 e. The highest BCUT2D eigenvalue weighted by atomic mass is 79.9. The van der Waals surface area contributed by atoms with Crippen molar-refractivity contribution in [3.05, 3.63) is 16.9 Å². The van der Waals surface area contributed by atoms with Gasteiger partial charge in [0.1, 0.15) is 6.04 Å². The van der Waals surface area contributed by atoms with Crippen LogP contribution in [0.1, 0.15) is 6.92 Å². The predicted molar refractivity (Wildman–Crippen MR) is 76.7 cm³/mol. The predicted octanol–water partition coefficient (Wildman–Crippen LogP) is 1.61. The molecule has 5 nitrogen and oxygen atoms in total. The van der Waals surface area contributed by atoms with Crippen LogP contribution in [0, 0.1) is 0 Å². The molecule has 98 valence electrons. The number of hydrogen-bond acceptors (Lipinski definition) is 5. The number of thioether (sulfide) groups is 1. The van der Waals surface area contributed by atoms with Crippen molar-refractivity contribution in [1.29, 1.82) is 0 Å². The number of carbonyl (C=O) groups is 1. The van der Waals surface area contributed by atoms with Gasteiger partial charge in [0.15, 0.2) is 0 Å². The van der Waals surface area contributed by atoms with Crippen molar-refractivity contribution in [3.63, 3.8) is 0 Å². The van der Waals surface area contributed by atoms with Gasteiger partial charge in [-0.15, -0.1) is 0 Å². The second-order valence-corrected chi connectivity index (χ2v) is 6.17. The second-order valence-electron chi connectivity index (χ2n) is 4.03. The SMILES string of the molecule is CC(Nc1ncc(Br)cn1)C(=O)N1CCSCC1. The molecule has 0 aromatic carbocycles. The molecule has 1 N–H and O–H groups in total. The number of hydrogen-bond donors (Lipinski definition) is 1. The molecule has 0 radical (unpaired) electrons. The molecule has 2 rings (SSSR count). The van der Waals surface area contributed by atoms with Crippen molar-refractivity contribution < 1.29 is 4.79 Å². The van der Waals surface area contributed by atoms with E-state index in [1.807, 2.05) is 23.6 Å². The summed E-state index contributed by atoms with van der Waals surface area (Å²) >= 11 is 5.16. The number of nitrogens with zero attached hydrogens (tertiary/aromatic N) is 3. The van der Waals surface area contributed by atoms with Gasteiger partial charge in [0, 0.05) is 37.0 Å². The van der Waals surface area contributed by atoms with Crippen LogP contribution in [0.3, 0.4) is 0 Å². The van der Waals surface area contributed by atoms with E-state index in [2.05, 4.69) is 31.2 Å². The number of amides is 1. The third kappa shape index (κ3) is 3.58. The van der Waals surface area contributed by atoms with E-state index in [-0.39, 0.29) is 11.9 Å². The molecular weight excluding hydrogens is 316 g/mol. The van der Waals surface area contributed by atoms with Gasteiger partial charge in [0.2, 0.25) is 11.9 Å². The molecule has 0 aliphatic carbocycles. The Morgan fingerprint density at radius 2 is 2.06 bits per heavy atom. The summed E-state index contributed by atoms with van der Waals surface area (Å²) in [5.74, 6) is 2.63. The quantitative estimate of drug-likeness (QED) is 0.912. The largest absolute Gasteiger partial charge is 0.343 e. The van der Waals surface area contributed by atoms with Gasteiger partial charge >= 0.3 is 0 Å². The number of nitrogens with one attached hydrogen (secondary N) is 1. The maximum absolute atomic E-state index is 12.2. The molecule has 1 aliphatic heterocycles. The van der Waals surface area contributed by atoms with E-state index in [1.54, 1.807) is 12.4 Å². The Balaban J connectivity index is 1.92. The van der Waals surface area contributed by atoms with E-state index < -0.39 is 0 Å². The van der Waals surface area contributed by atoms with Gasteiger partial charge in [0.25, 0.3) is 0 Å². The first-order valence-corrected chi connectivity index (χ1v) is 7.72. The van der Waals surface area contributed by atoms with Crippen LogP contribution in [-0.4, -0.2) is 51.4 Å². The molecule has 0 spiro atoms. The lowest BCUT2D eigenvalue weighted by Crippen LogP contribution is -2.45. The Bertz CT molecular complexity index is 408. The molecule has 1 aromatic rings. The fraction of sp³-hybridized carbons (Fsp3) is 0.545. The summed E-state index contributed by atoms with van der Waals surface area (Å²) in [6.45, 7) is 3.50. The van der Waals surface area contributed by atoms with Crippen molar-refractivity contribution in [2.24, 2.45) is 0 Å². The van der Waals surface area contributed by atoms with Crippen LogP contribution >= 0.6 is 27.7 Å². The van der Waals surface area contributed by atoms with Crippen molar-refractivity contribution in [3.8, 4) is 0 Å². The Labute approximate surface area is 119 Å². The average Bonchev–Trinajstić information content (AvgIpc) is 2.41. The zero-order chi connectivity index (χ0) is 13.0. The average molecular weight is 331 g/mol. The van der Waals surface area contributed by atoms with Gasteiger partial charge in [-0.25, -0.2) is 9.97 Å². The van der Waals surface area contributed by atoms with E-state index in [0.717, 1.165) is 29.1 Å². The van der Waals surface area contributed by atoms with Gasteiger partial charge in [-0.05, 0) is 22.9 Å². The summed E-state index contributed by atoms with van der Waals surface area (Å²) in [6, 6.07) is -0.297. The molecule has 7 heteroatoms. The molecule has 2 heterocycles. The Morgan fingerprint density at radius 1 is 1.44 bits per heavy atom. The minimum absolute atomic E-state index is 0.113. The highest BCUT2D eigenvalue weighted by Gasteiger charge is 2.22. The lowest BCUT2D eigenvalue weighted by Gasteiger charge is -2.29. The Kier molecular flexibility index (Phi) is 4.82. The first-order valence-electron chi connectivity index (χ1n) is 5.77. The molecule has 0 bridgehead atoms. The first kappa shape index (κ1) is 13.6. The summed E-state index contributed by atoms with van der Waals surface area (Å²) in [4.78, 5) is 22.3. The normalized spacial score (nSPS) is 17.3. The Hall–Kier alpha value is -0.820. The van der Waals surface area contributed by atoms with Gasteiger partial charge < -0.3 is 10.2 Å². The molecule has 1 aromatic heterocycles. The van der Waals surface area contributed by atoms with E-state index >= 15 is 0 Å². The molecule has 1 atom stereocenters. The summed E-state index contributed by atoms with van der Waals surface area (Å²) in [5.41, 5.74) is 0. The second kappa shape index (κ2) is 6.38. The lowest BCUT2D eigenvalue weighted by molar-refractivity contribution is -0.131. The third-order valence-corrected chi connectivity index (χ3v) is 4.01. The third-order valence-electron chi connectivity index (χ3n) is 2.66. The van der Waals surface area contributed by atoms with E-state index in [1.165, 1.54) is 0 Å². The Morgan fingerprint density at radius 3 is 2.67 bits per heavy atom. The maximum Gasteiger partial charge on any atom is 0.244 e. The van der Waals surface area contributed by atoms with Gasteiger partial charge in [-0.1, -0.05) is 0 Å². The van der Waals surface area contributed by atoms with Crippen LogP contribution in [-0.2, 0) is 4.79 Å². The lowest BCUT2D eigenvalue weighted by atomic mass is 10.3. The van der Waals surface area contributed by atoms with E-state index in [0.29, 0.717) is 5.95 Å². The molecular formula is C11H15BrN4OS. The van der Waals surface area contributed by atoms with Gasteiger partial charge in [-0.2, -0.15) is 11.8 Å². The summed E-state index contributed by atoms with van der Waals surface area (Å²) in [6.07, 6.45) is 3.31. The van der Waals surface area contributed by atoms with Crippen molar-refractivity contribution >= 4 is 39.5 Å². The zero-order valence-electron chi connectivity index (χ0n) is 10.1. The molecule has 1 saturated heterocycles. The zero-order valence-corrected chi connectivity index (χ0v) is 12.5. The topological polar surface area (TPSA) is 58.1 Å². The summed E-state index contributed by atoms with van der Waals surface area (Å²) in [5, 5.41) is 3.03. The molecule has 18 heavy (non-hydrogen) atoms. The van der Waals surface area contributed by atoms with Crippen LogP contribution in [0.25, 0.3) is 0 Å². The van der Waals surface area contributed by atoms with Crippen molar-refractivity contribution in [1.82, 2.24) is 14.9 Å². The van der Waals surface area contributed by atoms with Crippen LogP contribution in [0.2, 0.25) is 0 Å². The van der Waals surface area contributed by atoms with E-state index in [4.69, 9.17) is 0 Å². The highest BCUT2D eigenvalue weighted by Crippen LogP contribution is 2.12. The van der Waals surface area contributed by atoms with Crippen LogP contribution in [0.4, 0.5) is 5.95 Å². The first-order chi connectivity index (χ1) is 8.66. The standard InChI is InChI=1S/C11H15BrN4OS/c1-8(10(17)16-2-4-18-5-3-16)15-11-13-6-9(12)7-14-11/h6-8H,2-5H2,1H3,(H,13,14,15). The number of halogens is 1. The van der Waals surface area contributed by atoms with Crippen LogP contribution in [0.5, 0.6) is 0 Å². The fourth-order valence-electron chi connectivity index (χ4n) is 1.70. The number of anilines is 1. The number of carbonyl (C=O) groups excluding carboxylic acids is 1. The van der Waals surface area contributed by atoms with Gasteiger partial charge in [0.05, 0.1) is 4.47 Å². The summed E-state index contributed by atoms with van der Waals surface area (Å²) in [7, 11) is 0. The minimum atomic E-state index is -0.297. The molecule has 1 aliphatic rings. The van der Waals surface area contributed by atoms with E-state index in [9.17, 15) is 4.79 Å². The number of rotatable bonds is 3. The smallest absolute Gasteiger partial charge is 0.244 e. The molecule has 0 saturated carbocycles.